The average molecular weight is 502 g/mol. The third kappa shape index (κ3) is 17.9. The van der Waals surface area contributed by atoms with E-state index in [1.54, 1.807) is 0 Å². The molecule has 1 aliphatic rings. The molecule has 1 aliphatic heterocycles. The quantitative estimate of drug-likeness (QED) is 0.123. The summed E-state index contributed by atoms with van der Waals surface area (Å²) in [7, 11) is 0. The van der Waals surface area contributed by atoms with Crippen molar-refractivity contribution in [1.82, 2.24) is 5.06 Å². The molecule has 0 bridgehead atoms. The van der Waals surface area contributed by atoms with E-state index in [0.717, 1.165) is 12.8 Å². The van der Waals surface area contributed by atoms with Gasteiger partial charge in [-0.25, -0.2) is 4.79 Å². The van der Waals surface area contributed by atoms with Crippen LogP contribution in [0.4, 0.5) is 0 Å². The number of ketones is 1. The van der Waals surface area contributed by atoms with Gasteiger partial charge >= 0.3 is 5.97 Å². The predicted octanol–water partition coefficient (Wildman–Crippen LogP) is 6.01. The van der Waals surface area contributed by atoms with Crippen molar-refractivity contribution in [3.63, 3.8) is 0 Å². The minimum absolute atomic E-state index is 0. The first kappa shape index (κ1) is 28.4. The van der Waals surface area contributed by atoms with E-state index in [2.05, 4.69) is 11.9 Å². The van der Waals surface area contributed by atoms with E-state index in [0.29, 0.717) is 19.5 Å². The molecule has 1 heterocycles. The van der Waals surface area contributed by atoms with E-state index in [1.807, 2.05) is 0 Å². The molecule has 0 unspecified atom stereocenters. The Morgan fingerprint density at radius 1 is 0.828 bits per heavy atom. The summed E-state index contributed by atoms with van der Waals surface area (Å²) in [5.74, 6) is -0.491. The van der Waals surface area contributed by atoms with Gasteiger partial charge in [-0.3, -0.25) is 9.79 Å². The van der Waals surface area contributed by atoms with Gasteiger partial charge in [0.15, 0.2) is 0 Å². The van der Waals surface area contributed by atoms with Crippen LogP contribution in [0.2, 0.25) is 0 Å². The van der Waals surface area contributed by atoms with Crippen molar-refractivity contribution >= 4 is 18.1 Å². The van der Waals surface area contributed by atoms with E-state index < -0.39 is 5.97 Å². The van der Waals surface area contributed by atoms with Gasteiger partial charge in [0.1, 0.15) is 18.5 Å². The number of carbonyl (C=O) groups excluding carboxylic acids is 2. The van der Waals surface area contributed by atoms with Crippen LogP contribution in [0, 0.1) is 0 Å². The second-order valence-electron chi connectivity index (χ2n) is 8.04. The largest absolute Gasteiger partial charge is 0.339 e. The fourth-order valence-electron chi connectivity index (χ4n) is 3.54. The molecule has 0 aromatic carbocycles. The number of unbranched alkanes of at least 4 members (excludes halogenated alkanes) is 14. The van der Waals surface area contributed by atoms with Crippen LogP contribution in [0.1, 0.15) is 116 Å². The fraction of sp³-hybridized carbons (Fsp3) is 0.870. The Morgan fingerprint density at radius 3 is 1.76 bits per heavy atom. The number of rotatable bonds is 19. The molecule has 6 heteroatoms. The number of carbonyl (C=O) groups is 2. The SMILES string of the molecule is CCCCCCCCCCCCCCCCCC(=O)CC(=O)ON1C=NCC1.[Ag]. The number of Topliss-reactive ketones (excluding diaryl/α,β-unsaturated/α-hetero) is 1. The summed E-state index contributed by atoms with van der Waals surface area (Å²) in [6.07, 6.45) is 21.5. The zero-order valence-corrected chi connectivity index (χ0v) is 19.9. The predicted molar refractivity (Wildman–Crippen MR) is 115 cm³/mol. The summed E-state index contributed by atoms with van der Waals surface area (Å²) in [4.78, 5) is 32.4. The Morgan fingerprint density at radius 2 is 1.31 bits per heavy atom. The molecular weight excluding hydrogens is 460 g/mol. The summed E-state index contributed by atoms with van der Waals surface area (Å²) in [6, 6.07) is 0. The standard InChI is InChI=1S/C23H42N2O3.Ag/c1-2-3-4-5-6-7-8-9-10-11-12-13-14-15-16-17-22(26)20-23(27)28-25-19-18-24-21-25;/h21H,2-20H2,1H3;. The molecule has 0 amide bonds. The number of hydroxylamine groups is 2. The number of hydrogen-bond donors (Lipinski definition) is 0. The van der Waals surface area contributed by atoms with Crippen molar-refractivity contribution < 1.29 is 36.8 Å². The topological polar surface area (TPSA) is 59.0 Å². The first-order chi connectivity index (χ1) is 13.7. The molecule has 5 nitrogen and oxygen atoms in total. The molecule has 0 spiro atoms. The number of hydrogen-bond acceptors (Lipinski definition) is 5. The van der Waals surface area contributed by atoms with Gasteiger partial charge in [0, 0.05) is 28.8 Å². The van der Waals surface area contributed by atoms with Crippen molar-refractivity contribution in [2.24, 2.45) is 4.99 Å². The molecule has 0 saturated heterocycles. The fourth-order valence-corrected chi connectivity index (χ4v) is 3.54. The van der Waals surface area contributed by atoms with E-state index in [9.17, 15) is 9.59 Å². The normalized spacial score (nSPS) is 12.8. The summed E-state index contributed by atoms with van der Waals surface area (Å²) >= 11 is 0. The monoisotopic (exact) mass is 501 g/mol. The maximum absolute atomic E-state index is 11.8. The summed E-state index contributed by atoms with van der Waals surface area (Å²) in [5, 5.41) is 1.39. The van der Waals surface area contributed by atoms with Crippen LogP contribution < -0.4 is 0 Å². The molecule has 173 valence electrons. The average Bonchev–Trinajstić information content (AvgIpc) is 3.17. The number of nitrogens with zero attached hydrogens (tertiary/aromatic N) is 2. The molecule has 29 heavy (non-hydrogen) atoms. The maximum Gasteiger partial charge on any atom is 0.339 e. The molecule has 0 saturated carbocycles. The van der Waals surface area contributed by atoms with Crippen molar-refractivity contribution in [3.8, 4) is 0 Å². The second-order valence-corrected chi connectivity index (χ2v) is 8.04. The third-order valence-electron chi connectivity index (χ3n) is 5.28. The van der Waals surface area contributed by atoms with Crippen LogP contribution >= 0.6 is 0 Å². The molecule has 0 aliphatic carbocycles. The summed E-state index contributed by atoms with van der Waals surface area (Å²) < 4.78 is 0. The van der Waals surface area contributed by atoms with Gasteiger partial charge < -0.3 is 4.84 Å². The maximum atomic E-state index is 11.8. The van der Waals surface area contributed by atoms with Crippen molar-refractivity contribution in [1.29, 1.82) is 0 Å². The van der Waals surface area contributed by atoms with Crippen LogP contribution in [-0.2, 0) is 36.8 Å². The molecule has 0 aromatic heterocycles. The van der Waals surface area contributed by atoms with E-state index >= 15 is 0 Å². The first-order valence-corrected chi connectivity index (χ1v) is 11.7. The minimum atomic E-state index is -0.473. The van der Waals surface area contributed by atoms with Gasteiger partial charge in [0.2, 0.25) is 0 Å². The van der Waals surface area contributed by atoms with E-state index in [4.69, 9.17) is 4.84 Å². The van der Waals surface area contributed by atoms with Crippen LogP contribution in [0.3, 0.4) is 0 Å². The van der Waals surface area contributed by atoms with Gasteiger partial charge in [0.05, 0.1) is 13.1 Å². The Labute approximate surface area is 193 Å². The van der Waals surface area contributed by atoms with Gasteiger partial charge in [0.25, 0.3) is 0 Å². The zero-order chi connectivity index (χ0) is 20.3. The molecule has 1 radical (unpaired) electrons. The van der Waals surface area contributed by atoms with Crippen LogP contribution in [0.5, 0.6) is 0 Å². The molecule has 1 rings (SSSR count). The van der Waals surface area contributed by atoms with Crippen molar-refractivity contribution in [2.45, 2.75) is 116 Å². The Balaban J connectivity index is 0.00000784. The Hall–Kier alpha value is -0.650. The zero-order valence-electron chi connectivity index (χ0n) is 18.4. The summed E-state index contributed by atoms with van der Waals surface area (Å²) in [5.41, 5.74) is 0. The van der Waals surface area contributed by atoms with Gasteiger partial charge in [-0.15, -0.1) is 0 Å². The smallest absolute Gasteiger partial charge is 0.339 e. The summed E-state index contributed by atoms with van der Waals surface area (Å²) in [6.45, 7) is 3.49. The van der Waals surface area contributed by atoms with Gasteiger partial charge in [-0.1, -0.05) is 96.8 Å². The minimum Gasteiger partial charge on any atom is -0.339 e. The molecular formula is C23H42AgN2O3. The van der Waals surface area contributed by atoms with Crippen LogP contribution in [0.25, 0.3) is 0 Å². The third-order valence-corrected chi connectivity index (χ3v) is 5.28. The van der Waals surface area contributed by atoms with Gasteiger partial charge in [-0.2, -0.15) is 5.06 Å². The molecule has 0 atom stereocenters. The van der Waals surface area contributed by atoms with Crippen molar-refractivity contribution in [2.75, 3.05) is 13.1 Å². The second kappa shape index (κ2) is 20.6. The first-order valence-electron chi connectivity index (χ1n) is 11.7. The molecule has 0 aromatic rings. The number of aliphatic imine (C=N–C) groups is 1. The molecule has 0 N–H and O–H groups in total. The van der Waals surface area contributed by atoms with Crippen LogP contribution in [-0.4, -0.2) is 36.2 Å². The van der Waals surface area contributed by atoms with E-state index in [1.165, 1.54) is 94.9 Å². The van der Waals surface area contributed by atoms with Gasteiger partial charge in [-0.05, 0) is 6.42 Å². The molecule has 0 fully saturated rings. The Bertz CT molecular complexity index is 444. The Kier molecular flexibility index (Phi) is 20.2. The van der Waals surface area contributed by atoms with Crippen LogP contribution in [0.15, 0.2) is 4.99 Å². The van der Waals surface area contributed by atoms with E-state index in [-0.39, 0.29) is 34.6 Å². The van der Waals surface area contributed by atoms with Crippen molar-refractivity contribution in [3.05, 3.63) is 0 Å².